The zero-order chi connectivity index (χ0) is 12.3. The number of likely N-dealkylation sites (N-methyl/N-ethyl adjacent to an activating group) is 1. The highest BCUT2D eigenvalue weighted by Crippen LogP contribution is 2.31. The molecule has 1 heterocycles. The van der Waals surface area contributed by atoms with Crippen LogP contribution in [0.1, 0.15) is 20.3 Å². The predicted octanol–water partition coefficient (Wildman–Crippen LogP) is 0.0180. The number of rotatable bonds is 4. The van der Waals surface area contributed by atoms with Gasteiger partial charge in [0.1, 0.15) is 12.9 Å². The highest BCUT2D eigenvalue weighted by molar-refractivity contribution is 5.50. The Hall–Kier alpha value is -0.490. The number of hydrogen-bond donors (Lipinski definition) is 1. The summed E-state index contributed by atoms with van der Waals surface area (Å²) in [4.78, 5) is 12.2. The molecule has 5 heteroatoms. The fourth-order valence-electron chi connectivity index (χ4n) is 2.55. The monoisotopic (exact) mass is 231 g/mol. The first-order valence-electron chi connectivity index (χ1n) is 5.48. The van der Waals surface area contributed by atoms with Gasteiger partial charge in [-0.25, -0.2) is 0 Å². The zero-order valence-electron chi connectivity index (χ0n) is 10.3. The molecule has 1 aliphatic rings. The standard InChI is InChI=1S/C11H21NO4/c1-8-10(12(3)4)11(2,14)7-9(16-8)15-6-5-13/h5,8-10,14H,6-7H2,1-4H3/t8-,9+,10+,11-/m0/s1. The molecular weight excluding hydrogens is 210 g/mol. The lowest BCUT2D eigenvalue weighted by molar-refractivity contribution is -0.253. The van der Waals surface area contributed by atoms with Crippen LogP contribution >= 0.6 is 0 Å². The van der Waals surface area contributed by atoms with E-state index in [0.717, 1.165) is 0 Å². The van der Waals surface area contributed by atoms with E-state index in [1.807, 2.05) is 25.9 Å². The summed E-state index contributed by atoms with van der Waals surface area (Å²) in [5, 5.41) is 10.4. The van der Waals surface area contributed by atoms with Crippen molar-refractivity contribution in [3.63, 3.8) is 0 Å². The summed E-state index contributed by atoms with van der Waals surface area (Å²) in [6.45, 7) is 3.67. The van der Waals surface area contributed by atoms with Crippen LogP contribution in [-0.2, 0) is 14.3 Å². The summed E-state index contributed by atoms with van der Waals surface area (Å²) in [6.07, 6.45) is 0.399. The Morgan fingerprint density at radius 2 is 2.25 bits per heavy atom. The third kappa shape index (κ3) is 3.01. The molecule has 0 aromatic rings. The van der Waals surface area contributed by atoms with Crippen molar-refractivity contribution in [2.24, 2.45) is 0 Å². The molecule has 1 saturated heterocycles. The Balaban J connectivity index is 2.67. The number of hydrogen-bond acceptors (Lipinski definition) is 5. The minimum absolute atomic E-state index is 0.0000968. The normalized spacial score (nSPS) is 40.0. The summed E-state index contributed by atoms with van der Waals surface area (Å²) in [5.41, 5.74) is -0.880. The molecule has 4 atom stereocenters. The van der Waals surface area contributed by atoms with Gasteiger partial charge >= 0.3 is 0 Å². The Morgan fingerprint density at radius 1 is 1.62 bits per heavy atom. The summed E-state index contributed by atoms with van der Waals surface area (Å²) >= 11 is 0. The summed E-state index contributed by atoms with van der Waals surface area (Å²) in [6, 6.07) is -0.0800. The SMILES string of the molecule is C[C@@H]1O[C@@H](OCC=O)C[C@](C)(O)[C@@H]1N(C)C. The molecule has 0 bridgehead atoms. The number of aliphatic hydroxyl groups is 1. The molecule has 16 heavy (non-hydrogen) atoms. The smallest absolute Gasteiger partial charge is 0.161 e. The predicted molar refractivity (Wildman–Crippen MR) is 59.1 cm³/mol. The van der Waals surface area contributed by atoms with Crippen molar-refractivity contribution in [2.75, 3.05) is 20.7 Å². The molecule has 1 N–H and O–H groups in total. The number of carbonyl (C=O) groups is 1. The topological polar surface area (TPSA) is 59.0 Å². The van der Waals surface area contributed by atoms with Gasteiger partial charge in [-0.2, -0.15) is 0 Å². The maximum Gasteiger partial charge on any atom is 0.161 e. The Kier molecular flexibility index (Phi) is 4.43. The molecular formula is C11H21NO4. The van der Waals surface area contributed by atoms with E-state index in [9.17, 15) is 9.90 Å². The zero-order valence-corrected chi connectivity index (χ0v) is 10.3. The molecule has 0 amide bonds. The fourth-order valence-corrected chi connectivity index (χ4v) is 2.55. The maximum atomic E-state index is 10.4. The first kappa shape index (κ1) is 13.6. The van der Waals surface area contributed by atoms with Gasteiger partial charge in [-0.15, -0.1) is 0 Å². The van der Waals surface area contributed by atoms with Gasteiger partial charge in [-0.1, -0.05) is 0 Å². The molecule has 0 unspecified atom stereocenters. The van der Waals surface area contributed by atoms with Gasteiger partial charge in [0.15, 0.2) is 6.29 Å². The van der Waals surface area contributed by atoms with E-state index in [4.69, 9.17) is 9.47 Å². The molecule has 0 aromatic heterocycles. The second-order valence-corrected chi connectivity index (χ2v) is 4.74. The molecule has 0 saturated carbocycles. The second-order valence-electron chi connectivity index (χ2n) is 4.74. The van der Waals surface area contributed by atoms with Gasteiger partial charge in [0.05, 0.1) is 17.7 Å². The van der Waals surface area contributed by atoms with Crippen LogP contribution in [0.4, 0.5) is 0 Å². The highest BCUT2D eigenvalue weighted by atomic mass is 16.7. The van der Waals surface area contributed by atoms with Crippen LogP contribution in [0, 0.1) is 0 Å². The van der Waals surface area contributed by atoms with Crippen LogP contribution in [0.5, 0.6) is 0 Å². The van der Waals surface area contributed by atoms with Crippen LogP contribution < -0.4 is 0 Å². The van der Waals surface area contributed by atoms with E-state index in [2.05, 4.69) is 0 Å². The van der Waals surface area contributed by atoms with Crippen molar-refractivity contribution in [3.05, 3.63) is 0 Å². The number of aldehydes is 1. The molecule has 1 aliphatic heterocycles. The van der Waals surface area contributed by atoms with Crippen molar-refractivity contribution in [1.82, 2.24) is 4.90 Å². The molecule has 0 aliphatic carbocycles. The van der Waals surface area contributed by atoms with Crippen molar-refractivity contribution in [1.29, 1.82) is 0 Å². The van der Waals surface area contributed by atoms with Crippen molar-refractivity contribution >= 4 is 6.29 Å². The summed E-state index contributed by atoms with van der Waals surface area (Å²) in [7, 11) is 3.82. The fraction of sp³-hybridized carbons (Fsp3) is 0.909. The van der Waals surface area contributed by atoms with E-state index in [0.29, 0.717) is 12.7 Å². The van der Waals surface area contributed by atoms with Crippen LogP contribution in [0.3, 0.4) is 0 Å². The average Bonchev–Trinajstić information content (AvgIpc) is 2.11. The number of nitrogens with zero attached hydrogens (tertiary/aromatic N) is 1. The Morgan fingerprint density at radius 3 is 2.69 bits per heavy atom. The molecule has 0 radical (unpaired) electrons. The lowest BCUT2D eigenvalue weighted by atomic mass is 9.85. The first-order chi connectivity index (χ1) is 7.38. The van der Waals surface area contributed by atoms with Crippen LogP contribution in [0.15, 0.2) is 0 Å². The quantitative estimate of drug-likeness (QED) is 0.691. The second kappa shape index (κ2) is 5.23. The number of ether oxygens (including phenoxy) is 2. The van der Waals surface area contributed by atoms with E-state index in [1.165, 1.54) is 0 Å². The van der Waals surface area contributed by atoms with E-state index < -0.39 is 11.9 Å². The Labute approximate surface area is 96.3 Å². The van der Waals surface area contributed by atoms with Crippen molar-refractivity contribution in [3.8, 4) is 0 Å². The molecule has 1 rings (SSSR count). The highest BCUT2D eigenvalue weighted by Gasteiger charge is 2.45. The average molecular weight is 231 g/mol. The van der Waals surface area contributed by atoms with Crippen molar-refractivity contribution < 1.29 is 19.4 Å². The largest absolute Gasteiger partial charge is 0.388 e. The van der Waals surface area contributed by atoms with E-state index >= 15 is 0 Å². The van der Waals surface area contributed by atoms with Gasteiger partial charge in [0.25, 0.3) is 0 Å². The molecule has 5 nitrogen and oxygen atoms in total. The van der Waals surface area contributed by atoms with E-state index in [-0.39, 0.29) is 18.8 Å². The maximum absolute atomic E-state index is 10.4. The van der Waals surface area contributed by atoms with Crippen LogP contribution in [-0.4, -0.2) is 61.0 Å². The molecule has 1 fully saturated rings. The first-order valence-corrected chi connectivity index (χ1v) is 5.48. The van der Waals surface area contributed by atoms with Crippen LogP contribution in [0.25, 0.3) is 0 Å². The van der Waals surface area contributed by atoms with Gasteiger partial charge in [0, 0.05) is 6.42 Å². The van der Waals surface area contributed by atoms with Gasteiger partial charge in [-0.3, -0.25) is 0 Å². The lowest BCUT2D eigenvalue weighted by Crippen LogP contribution is -2.60. The summed E-state index contributed by atoms with van der Waals surface area (Å²) < 4.78 is 10.8. The minimum atomic E-state index is -0.880. The third-order valence-electron chi connectivity index (χ3n) is 2.93. The van der Waals surface area contributed by atoms with Crippen molar-refractivity contribution in [2.45, 2.75) is 44.3 Å². The van der Waals surface area contributed by atoms with Crippen LogP contribution in [0.2, 0.25) is 0 Å². The third-order valence-corrected chi connectivity index (χ3v) is 2.93. The molecule has 0 spiro atoms. The van der Waals surface area contributed by atoms with Gasteiger partial charge in [-0.05, 0) is 27.9 Å². The minimum Gasteiger partial charge on any atom is -0.388 e. The lowest BCUT2D eigenvalue weighted by Gasteiger charge is -2.47. The Bertz CT molecular complexity index is 242. The van der Waals surface area contributed by atoms with Gasteiger partial charge < -0.3 is 24.3 Å². The summed E-state index contributed by atoms with van der Waals surface area (Å²) in [5.74, 6) is 0. The number of carbonyl (C=O) groups excluding carboxylic acids is 1. The van der Waals surface area contributed by atoms with Gasteiger partial charge in [0.2, 0.25) is 0 Å². The molecule has 94 valence electrons. The molecule has 0 aromatic carbocycles. The van der Waals surface area contributed by atoms with E-state index in [1.54, 1.807) is 6.92 Å².